The number of nitrogens with two attached hydrogens (primary N) is 2. The molecule has 1 aliphatic rings. The van der Waals surface area contributed by atoms with E-state index in [9.17, 15) is 0 Å². The number of amides is 2. The molecule has 7 heteroatoms. The minimum absolute atomic E-state index is 0.579. The highest BCUT2D eigenvalue weighted by Crippen LogP contribution is 2.42. The molecule has 0 saturated carbocycles. The number of nitrogens with zero attached hydrogens (tertiary/aromatic N) is 2. The monoisotopic (exact) mass is 356 g/mol. The van der Waals surface area contributed by atoms with Gasteiger partial charge in [0, 0.05) is 28.5 Å². The summed E-state index contributed by atoms with van der Waals surface area (Å²) in [5.41, 5.74) is 16.0. The predicted octanol–water partition coefficient (Wildman–Crippen LogP) is 3.05. The molecule has 1 aliphatic carbocycles. The van der Waals surface area contributed by atoms with E-state index in [1.54, 1.807) is 12.4 Å². The SMILES string of the molecule is N=C1c2ccccc2-c2c1cccc2-c1nc2ccncc2[nH]1.NC(N)=O. The Labute approximate surface area is 154 Å². The van der Waals surface area contributed by atoms with Crippen LogP contribution in [-0.2, 0) is 0 Å². The number of fused-ring (bicyclic) bond motifs is 4. The zero-order chi connectivity index (χ0) is 19.0. The van der Waals surface area contributed by atoms with E-state index < -0.39 is 6.03 Å². The fourth-order valence-electron chi connectivity index (χ4n) is 3.30. The third kappa shape index (κ3) is 2.81. The van der Waals surface area contributed by atoms with Crippen LogP contribution in [-0.4, -0.2) is 26.7 Å². The molecular weight excluding hydrogens is 340 g/mol. The molecule has 0 atom stereocenters. The second-order valence-corrected chi connectivity index (χ2v) is 6.03. The van der Waals surface area contributed by atoms with Gasteiger partial charge in [-0.3, -0.25) is 10.4 Å². The lowest BCUT2D eigenvalue weighted by Gasteiger charge is -2.06. The van der Waals surface area contributed by atoms with E-state index in [1.807, 2.05) is 36.4 Å². The van der Waals surface area contributed by atoms with E-state index in [4.69, 9.17) is 15.2 Å². The number of carbonyl (C=O) groups is 1. The van der Waals surface area contributed by atoms with Crippen LogP contribution in [0.4, 0.5) is 4.79 Å². The molecule has 0 fully saturated rings. The molecule has 0 spiro atoms. The van der Waals surface area contributed by atoms with E-state index in [2.05, 4.69) is 33.6 Å². The van der Waals surface area contributed by atoms with E-state index >= 15 is 0 Å². The Kier molecular flexibility index (Phi) is 3.89. The largest absolute Gasteiger partial charge is 0.352 e. The predicted molar refractivity (Wildman–Crippen MR) is 104 cm³/mol. The van der Waals surface area contributed by atoms with Crippen LogP contribution in [0, 0.1) is 5.41 Å². The van der Waals surface area contributed by atoms with Gasteiger partial charge in [0.2, 0.25) is 0 Å². The number of urea groups is 1. The first-order chi connectivity index (χ1) is 13.1. The standard InChI is InChI=1S/C19H12N4.CH4N2O/c20-18-12-5-2-1-4-11(12)17-13(18)6-3-7-14(17)19-22-15-8-9-21-10-16(15)23-19;2-1(3)4/h1-10,20H,(H,22,23);(H4,2,3,4). The Morgan fingerprint density at radius 1 is 0.926 bits per heavy atom. The number of primary amides is 2. The normalized spacial score (nSPS) is 11.5. The van der Waals surface area contributed by atoms with Gasteiger partial charge in [-0.15, -0.1) is 0 Å². The van der Waals surface area contributed by atoms with Crippen molar-refractivity contribution in [2.24, 2.45) is 11.5 Å². The van der Waals surface area contributed by atoms with Crippen molar-refractivity contribution < 1.29 is 4.79 Å². The minimum atomic E-state index is -0.833. The molecule has 4 aromatic rings. The minimum Gasteiger partial charge on any atom is -0.352 e. The lowest BCUT2D eigenvalue weighted by atomic mass is 9.99. The average molecular weight is 356 g/mol. The number of aromatic amines is 1. The molecule has 0 aliphatic heterocycles. The van der Waals surface area contributed by atoms with E-state index in [-0.39, 0.29) is 0 Å². The smallest absolute Gasteiger partial charge is 0.309 e. The van der Waals surface area contributed by atoms with Crippen LogP contribution < -0.4 is 11.5 Å². The zero-order valence-corrected chi connectivity index (χ0v) is 14.2. The fraction of sp³-hybridized carbons (Fsp3) is 0. The molecular formula is C20H16N6O. The summed E-state index contributed by atoms with van der Waals surface area (Å²) in [4.78, 5) is 21.2. The number of H-pyrrole nitrogens is 1. The Hall–Kier alpha value is -4.00. The van der Waals surface area contributed by atoms with Gasteiger partial charge in [0.1, 0.15) is 5.82 Å². The first-order valence-electron chi connectivity index (χ1n) is 8.23. The van der Waals surface area contributed by atoms with Crippen LogP contribution in [0.25, 0.3) is 33.5 Å². The molecule has 5 rings (SSSR count). The van der Waals surface area contributed by atoms with Crippen LogP contribution in [0.3, 0.4) is 0 Å². The summed E-state index contributed by atoms with van der Waals surface area (Å²) in [5.74, 6) is 0.814. The van der Waals surface area contributed by atoms with Gasteiger partial charge in [-0.25, -0.2) is 9.78 Å². The van der Waals surface area contributed by atoms with Crippen molar-refractivity contribution >= 4 is 22.8 Å². The van der Waals surface area contributed by atoms with Gasteiger partial charge in [-0.1, -0.05) is 42.5 Å². The topological polar surface area (TPSA) is 135 Å². The molecule has 2 aromatic carbocycles. The molecule has 132 valence electrons. The van der Waals surface area contributed by atoms with Crippen molar-refractivity contribution in [1.29, 1.82) is 5.41 Å². The van der Waals surface area contributed by atoms with Gasteiger partial charge < -0.3 is 16.5 Å². The van der Waals surface area contributed by atoms with Gasteiger partial charge >= 0.3 is 6.03 Å². The van der Waals surface area contributed by atoms with Gasteiger partial charge in [0.25, 0.3) is 0 Å². The summed E-state index contributed by atoms with van der Waals surface area (Å²) >= 11 is 0. The molecule has 2 amide bonds. The number of hydrogen-bond acceptors (Lipinski definition) is 4. The van der Waals surface area contributed by atoms with Crippen molar-refractivity contribution in [2.75, 3.05) is 0 Å². The Morgan fingerprint density at radius 3 is 2.33 bits per heavy atom. The average Bonchev–Trinajstić information content (AvgIpc) is 3.22. The van der Waals surface area contributed by atoms with Crippen LogP contribution >= 0.6 is 0 Å². The summed E-state index contributed by atoms with van der Waals surface area (Å²) < 4.78 is 0. The molecule has 0 unspecified atom stereocenters. The molecule has 2 aromatic heterocycles. The quantitative estimate of drug-likeness (QED) is 0.367. The Bertz CT molecular complexity index is 1160. The highest BCUT2D eigenvalue weighted by Gasteiger charge is 2.26. The van der Waals surface area contributed by atoms with E-state index in [1.165, 1.54) is 0 Å². The first-order valence-corrected chi connectivity index (χ1v) is 8.23. The molecule has 6 N–H and O–H groups in total. The van der Waals surface area contributed by atoms with Gasteiger partial charge in [0.05, 0.1) is 22.9 Å². The summed E-state index contributed by atoms with van der Waals surface area (Å²) in [6, 6.07) is 15.2. The number of carbonyl (C=O) groups excluding carboxylic acids is 1. The molecule has 0 radical (unpaired) electrons. The van der Waals surface area contributed by atoms with Crippen molar-refractivity contribution in [2.45, 2.75) is 0 Å². The van der Waals surface area contributed by atoms with Gasteiger partial charge in [0.15, 0.2) is 0 Å². The van der Waals surface area contributed by atoms with Crippen LogP contribution in [0.5, 0.6) is 0 Å². The fourth-order valence-corrected chi connectivity index (χ4v) is 3.30. The third-order valence-electron chi connectivity index (χ3n) is 4.34. The first kappa shape index (κ1) is 16.5. The zero-order valence-electron chi connectivity index (χ0n) is 14.2. The number of rotatable bonds is 1. The van der Waals surface area contributed by atoms with Gasteiger partial charge in [-0.05, 0) is 11.6 Å². The lowest BCUT2D eigenvalue weighted by Crippen LogP contribution is -2.18. The van der Waals surface area contributed by atoms with E-state index in [0.29, 0.717) is 5.71 Å². The van der Waals surface area contributed by atoms with Crippen LogP contribution in [0.2, 0.25) is 0 Å². The van der Waals surface area contributed by atoms with Crippen molar-refractivity contribution in [3.63, 3.8) is 0 Å². The number of nitrogens with one attached hydrogen (secondary N) is 2. The molecule has 0 bridgehead atoms. The Balaban J connectivity index is 0.000000413. The van der Waals surface area contributed by atoms with Crippen molar-refractivity contribution in [1.82, 2.24) is 15.0 Å². The van der Waals surface area contributed by atoms with Gasteiger partial charge in [-0.2, -0.15) is 0 Å². The molecule has 7 nitrogen and oxygen atoms in total. The number of imidazole rings is 1. The van der Waals surface area contributed by atoms with E-state index in [0.717, 1.165) is 44.7 Å². The maximum Gasteiger partial charge on any atom is 0.309 e. The lowest BCUT2D eigenvalue weighted by molar-refractivity contribution is 0.256. The number of aromatic nitrogens is 3. The van der Waals surface area contributed by atoms with Crippen molar-refractivity contribution in [3.05, 3.63) is 72.1 Å². The highest BCUT2D eigenvalue weighted by atomic mass is 16.2. The maximum atomic E-state index is 9.00. The summed E-state index contributed by atoms with van der Waals surface area (Å²) in [5, 5.41) is 8.44. The third-order valence-corrected chi connectivity index (χ3v) is 4.34. The highest BCUT2D eigenvalue weighted by molar-refractivity contribution is 6.24. The molecule has 27 heavy (non-hydrogen) atoms. The van der Waals surface area contributed by atoms with Crippen LogP contribution in [0.15, 0.2) is 60.9 Å². The molecule has 2 heterocycles. The van der Waals surface area contributed by atoms with Crippen LogP contribution in [0.1, 0.15) is 11.1 Å². The summed E-state index contributed by atoms with van der Waals surface area (Å²) in [6.45, 7) is 0. The Morgan fingerprint density at radius 2 is 1.59 bits per heavy atom. The number of hydrogen-bond donors (Lipinski definition) is 4. The summed E-state index contributed by atoms with van der Waals surface area (Å²) in [7, 11) is 0. The number of pyridine rings is 1. The number of benzene rings is 2. The second-order valence-electron chi connectivity index (χ2n) is 6.03. The summed E-state index contributed by atoms with van der Waals surface area (Å²) in [6.07, 6.45) is 3.53. The maximum absolute atomic E-state index is 9.00. The molecule has 0 saturated heterocycles. The second kappa shape index (κ2) is 6.38. The van der Waals surface area contributed by atoms with Crippen molar-refractivity contribution in [3.8, 4) is 22.5 Å².